The molecular formula is C10H13N3O3. The minimum Gasteiger partial charge on any atom is -0.481 e. The van der Waals surface area contributed by atoms with E-state index in [2.05, 4.69) is 9.97 Å². The Balaban J connectivity index is 2.20. The maximum absolute atomic E-state index is 11.6. The second-order valence-corrected chi connectivity index (χ2v) is 3.66. The summed E-state index contributed by atoms with van der Waals surface area (Å²) in [5.41, 5.74) is 0. The SMILES string of the molecule is COc1ccnc(N2CC(CO)CC2=O)n1. The van der Waals surface area contributed by atoms with Crippen LogP contribution in [-0.2, 0) is 4.79 Å². The van der Waals surface area contributed by atoms with Gasteiger partial charge in [-0.1, -0.05) is 0 Å². The van der Waals surface area contributed by atoms with Gasteiger partial charge in [-0.25, -0.2) is 4.98 Å². The number of ether oxygens (including phenoxy) is 1. The molecule has 1 aliphatic rings. The molecule has 1 N–H and O–H groups in total. The first kappa shape index (κ1) is 10.8. The molecule has 1 unspecified atom stereocenters. The molecule has 6 nitrogen and oxygen atoms in total. The molecule has 2 heterocycles. The predicted octanol–water partition coefficient (Wildman–Crippen LogP) is -0.170. The van der Waals surface area contributed by atoms with Crippen LogP contribution in [0.25, 0.3) is 0 Å². The monoisotopic (exact) mass is 223 g/mol. The summed E-state index contributed by atoms with van der Waals surface area (Å²) in [7, 11) is 1.51. The topological polar surface area (TPSA) is 75.6 Å². The van der Waals surface area contributed by atoms with Crippen LogP contribution in [0, 0.1) is 5.92 Å². The third-order valence-electron chi connectivity index (χ3n) is 2.53. The molecule has 86 valence electrons. The van der Waals surface area contributed by atoms with Gasteiger partial charge in [-0.05, 0) is 0 Å². The fraction of sp³-hybridized carbons (Fsp3) is 0.500. The van der Waals surface area contributed by atoms with Crippen molar-refractivity contribution in [1.29, 1.82) is 0 Å². The Morgan fingerprint density at radius 3 is 3.12 bits per heavy atom. The van der Waals surface area contributed by atoms with E-state index in [0.29, 0.717) is 24.8 Å². The second-order valence-electron chi connectivity index (χ2n) is 3.66. The number of rotatable bonds is 3. The normalized spacial score (nSPS) is 20.2. The molecule has 1 amide bonds. The highest BCUT2D eigenvalue weighted by atomic mass is 16.5. The van der Waals surface area contributed by atoms with Crippen molar-refractivity contribution in [3.63, 3.8) is 0 Å². The lowest BCUT2D eigenvalue weighted by molar-refractivity contribution is -0.117. The fourth-order valence-electron chi connectivity index (χ4n) is 1.67. The van der Waals surface area contributed by atoms with Crippen molar-refractivity contribution in [3.8, 4) is 5.88 Å². The van der Waals surface area contributed by atoms with E-state index in [0.717, 1.165) is 0 Å². The summed E-state index contributed by atoms with van der Waals surface area (Å²) in [6.07, 6.45) is 1.89. The highest BCUT2D eigenvalue weighted by Crippen LogP contribution is 2.22. The maximum Gasteiger partial charge on any atom is 0.235 e. The molecule has 6 heteroatoms. The summed E-state index contributed by atoms with van der Waals surface area (Å²) < 4.78 is 4.96. The molecule has 16 heavy (non-hydrogen) atoms. The zero-order valence-electron chi connectivity index (χ0n) is 8.96. The minimum atomic E-state index is -0.0627. The van der Waals surface area contributed by atoms with Crippen LogP contribution in [0.5, 0.6) is 5.88 Å². The lowest BCUT2D eigenvalue weighted by Gasteiger charge is -2.14. The van der Waals surface area contributed by atoms with E-state index >= 15 is 0 Å². The summed E-state index contributed by atoms with van der Waals surface area (Å²) in [5.74, 6) is 0.667. The average Bonchev–Trinajstić information content (AvgIpc) is 2.71. The summed E-state index contributed by atoms with van der Waals surface area (Å²) in [6, 6.07) is 1.62. The van der Waals surface area contributed by atoms with Crippen molar-refractivity contribution < 1.29 is 14.6 Å². The Hall–Kier alpha value is -1.69. The molecule has 1 fully saturated rings. The average molecular weight is 223 g/mol. The quantitative estimate of drug-likeness (QED) is 0.770. The Morgan fingerprint density at radius 1 is 1.69 bits per heavy atom. The molecule has 0 aromatic carbocycles. The number of methoxy groups -OCH3 is 1. The van der Waals surface area contributed by atoms with Crippen LogP contribution in [-0.4, -0.2) is 41.2 Å². The van der Waals surface area contributed by atoms with E-state index in [1.807, 2.05) is 0 Å². The number of aliphatic hydroxyl groups excluding tert-OH is 1. The van der Waals surface area contributed by atoms with Gasteiger partial charge in [0.15, 0.2) is 0 Å². The molecule has 0 aliphatic carbocycles. The van der Waals surface area contributed by atoms with Gasteiger partial charge < -0.3 is 9.84 Å². The number of carbonyl (C=O) groups excluding carboxylic acids is 1. The van der Waals surface area contributed by atoms with E-state index in [4.69, 9.17) is 9.84 Å². The first-order valence-corrected chi connectivity index (χ1v) is 5.03. The number of carbonyl (C=O) groups is 1. The van der Waals surface area contributed by atoms with Crippen LogP contribution in [0.4, 0.5) is 5.95 Å². The molecule has 0 bridgehead atoms. The Bertz CT molecular complexity index is 397. The first-order valence-electron chi connectivity index (χ1n) is 5.03. The Morgan fingerprint density at radius 2 is 2.50 bits per heavy atom. The number of hydrogen-bond acceptors (Lipinski definition) is 5. The zero-order chi connectivity index (χ0) is 11.5. The van der Waals surface area contributed by atoms with Crippen molar-refractivity contribution in [2.45, 2.75) is 6.42 Å². The van der Waals surface area contributed by atoms with E-state index in [-0.39, 0.29) is 18.4 Å². The summed E-state index contributed by atoms with van der Waals surface area (Å²) in [5, 5.41) is 9.00. The molecule has 1 aliphatic heterocycles. The van der Waals surface area contributed by atoms with Gasteiger partial charge >= 0.3 is 0 Å². The van der Waals surface area contributed by atoms with Crippen LogP contribution in [0.2, 0.25) is 0 Å². The molecule has 1 saturated heterocycles. The Kier molecular flexibility index (Phi) is 3.00. The maximum atomic E-state index is 11.6. The molecule has 2 rings (SSSR count). The van der Waals surface area contributed by atoms with Crippen LogP contribution >= 0.6 is 0 Å². The number of hydrogen-bond donors (Lipinski definition) is 1. The third kappa shape index (κ3) is 1.96. The Labute approximate surface area is 92.9 Å². The molecule has 1 aromatic rings. The smallest absolute Gasteiger partial charge is 0.235 e. The zero-order valence-corrected chi connectivity index (χ0v) is 8.96. The van der Waals surface area contributed by atoms with Gasteiger partial charge in [0.2, 0.25) is 17.7 Å². The van der Waals surface area contributed by atoms with Gasteiger partial charge in [-0.2, -0.15) is 4.98 Å². The number of nitrogens with zero attached hydrogens (tertiary/aromatic N) is 3. The van der Waals surface area contributed by atoms with Crippen molar-refractivity contribution in [3.05, 3.63) is 12.3 Å². The van der Waals surface area contributed by atoms with Crippen molar-refractivity contribution in [2.75, 3.05) is 25.2 Å². The molecule has 0 spiro atoms. The lowest BCUT2D eigenvalue weighted by Crippen LogP contribution is -2.26. The third-order valence-corrected chi connectivity index (χ3v) is 2.53. The van der Waals surface area contributed by atoms with Crippen LogP contribution < -0.4 is 9.64 Å². The van der Waals surface area contributed by atoms with E-state index < -0.39 is 0 Å². The van der Waals surface area contributed by atoms with E-state index in [1.54, 1.807) is 12.3 Å². The van der Waals surface area contributed by atoms with Gasteiger partial charge in [0.1, 0.15) is 0 Å². The highest BCUT2D eigenvalue weighted by molar-refractivity contribution is 5.94. The lowest BCUT2D eigenvalue weighted by atomic mass is 10.1. The number of anilines is 1. The molecule has 0 radical (unpaired) electrons. The number of aromatic nitrogens is 2. The summed E-state index contributed by atoms with van der Waals surface area (Å²) >= 11 is 0. The minimum absolute atomic E-state index is 0.00616. The summed E-state index contributed by atoms with van der Waals surface area (Å²) in [6.45, 7) is 0.467. The first-order chi connectivity index (χ1) is 7.74. The van der Waals surface area contributed by atoms with Gasteiger partial charge in [0, 0.05) is 37.8 Å². The largest absolute Gasteiger partial charge is 0.481 e. The van der Waals surface area contributed by atoms with Gasteiger partial charge in [-0.15, -0.1) is 0 Å². The van der Waals surface area contributed by atoms with Gasteiger partial charge in [0.25, 0.3) is 0 Å². The van der Waals surface area contributed by atoms with Crippen LogP contribution in [0.15, 0.2) is 12.3 Å². The van der Waals surface area contributed by atoms with Gasteiger partial charge in [0.05, 0.1) is 7.11 Å². The standard InChI is InChI=1S/C10H13N3O3/c1-16-8-2-3-11-10(12-8)13-5-7(6-14)4-9(13)15/h2-3,7,14H,4-6H2,1H3. The van der Waals surface area contributed by atoms with E-state index in [1.165, 1.54) is 12.0 Å². The number of amides is 1. The fourth-order valence-corrected chi connectivity index (χ4v) is 1.67. The number of aliphatic hydroxyl groups is 1. The highest BCUT2D eigenvalue weighted by Gasteiger charge is 2.31. The summed E-state index contributed by atoms with van der Waals surface area (Å²) in [4.78, 5) is 21.2. The predicted molar refractivity (Wildman–Crippen MR) is 56.1 cm³/mol. The second kappa shape index (κ2) is 4.44. The van der Waals surface area contributed by atoms with Crippen molar-refractivity contribution in [2.24, 2.45) is 5.92 Å². The van der Waals surface area contributed by atoms with Gasteiger partial charge in [-0.3, -0.25) is 9.69 Å². The van der Waals surface area contributed by atoms with Crippen LogP contribution in [0.3, 0.4) is 0 Å². The molecular weight excluding hydrogens is 210 g/mol. The molecule has 0 saturated carbocycles. The van der Waals surface area contributed by atoms with Crippen molar-refractivity contribution >= 4 is 11.9 Å². The van der Waals surface area contributed by atoms with Crippen molar-refractivity contribution in [1.82, 2.24) is 9.97 Å². The molecule has 1 atom stereocenters. The molecule has 1 aromatic heterocycles. The van der Waals surface area contributed by atoms with Crippen LogP contribution in [0.1, 0.15) is 6.42 Å². The van der Waals surface area contributed by atoms with E-state index in [9.17, 15) is 4.79 Å².